The molecule has 0 aromatic heterocycles. The zero-order valence-electron chi connectivity index (χ0n) is 9.93. The lowest BCUT2D eigenvalue weighted by molar-refractivity contribution is -0.00554. The first-order valence-electron chi connectivity index (χ1n) is 5.73. The van der Waals surface area contributed by atoms with Crippen molar-refractivity contribution in [1.82, 2.24) is 0 Å². The number of carbonyl (C=O) groups excluding carboxylic acids is 1. The van der Waals surface area contributed by atoms with Gasteiger partial charge in [-0.2, -0.15) is 0 Å². The lowest BCUT2D eigenvalue weighted by Crippen LogP contribution is -2.26. The second-order valence-corrected chi connectivity index (χ2v) is 3.80. The summed E-state index contributed by atoms with van der Waals surface area (Å²) in [6, 6.07) is 7.21. The Hall–Kier alpha value is -1.39. The lowest BCUT2D eigenvalue weighted by Gasteiger charge is -2.14. The van der Waals surface area contributed by atoms with Crippen molar-refractivity contribution < 1.29 is 19.7 Å². The molecule has 17 heavy (non-hydrogen) atoms. The van der Waals surface area contributed by atoms with Crippen LogP contribution in [0.4, 0.5) is 0 Å². The van der Waals surface area contributed by atoms with E-state index in [-0.39, 0.29) is 13.2 Å². The molecule has 0 aliphatic rings. The molecule has 2 N–H and O–H groups in total. The van der Waals surface area contributed by atoms with Crippen LogP contribution >= 0.6 is 0 Å². The maximum absolute atomic E-state index is 11.8. The summed E-state index contributed by atoms with van der Waals surface area (Å²) >= 11 is 0. The molecule has 0 atom stereocenters. The number of hydrogen-bond donors (Lipinski definition) is 2. The minimum atomic E-state index is -0.850. The average Bonchev–Trinajstić information content (AvgIpc) is 2.36. The monoisotopic (exact) mass is 238 g/mol. The van der Waals surface area contributed by atoms with Crippen LogP contribution in [0.3, 0.4) is 0 Å². The molecule has 4 nitrogen and oxygen atoms in total. The Bertz CT molecular complexity index is 358. The molecule has 1 rings (SSSR count). The molecule has 4 heteroatoms. The topological polar surface area (TPSA) is 66.8 Å². The Balaban J connectivity index is 2.80. The van der Waals surface area contributed by atoms with E-state index in [2.05, 4.69) is 0 Å². The van der Waals surface area contributed by atoms with E-state index >= 15 is 0 Å². The molecular formula is C13H18O4. The van der Waals surface area contributed by atoms with Gasteiger partial charge in [0.1, 0.15) is 6.10 Å². The number of ether oxygens (including phenoxy) is 1. The highest BCUT2D eigenvalue weighted by atomic mass is 16.6. The highest BCUT2D eigenvalue weighted by molar-refractivity contribution is 5.91. The van der Waals surface area contributed by atoms with Crippen LogP contribution in [-0.4, -0.2) is 35.5 Å². The summed E-state index contributed by atoms with van der Waals surface area (Å²) in [5.74, 6) is -0.498. The number of rotatable bonds is 6. The van der Waals surface area contributed by atoms with Gasteiger partial charge in [-0.05, 0) is 18.1 Å². The molecule has 1 aromatic carbocycles. The number of aliphatic hydroxyl groups is 2. The van der Waals surface area contributed by atoms with Crippen LogP contribution in [0.5, 0.6) is 0 Å². The van der Waals surface area contributed by atoms with E-state index in [1.54, 1.807) is 12.1 Å². The molecule has 0 aliphatic carbocycles. The Kier molecular flexibility index (Phi) is 5.66. The van der Waals surface area contributed by atoms with Crippen molar-refractivity contribution in [2.45, 2.75) is 25.9 Å². The number of benzene rings is 1. The zero-order valence-corrected chi connectivity index (χ0v) is 9.93. The van der Waals surface area contributed by atoms with E-state index < -0.39 is 12.1 Å². The van der Waals surface area contributed by atoms with E-state index in [9.17, 15) is 4.79 Å². The normalized spacial score (nSPS) is 10.6. The quantitative estimate of drug-likeness (QED) is 0.729. The van der Waals surface area contributed by atoms with E-state index in [0.29, 0.717) is 5.56 Å². The maximum Gasteiger partial charge on any atom is 0.338 e. The Morgan fingerprint density at radius 1 is 1.29 bits per heavy atom. The Labute approximate surface area is 101 Å². The minimum Gasteiger partial charge on any atom is -0.454 e. The summed E-state index contributed by atoms with van der Waals surface area (Å²) in [6.45, 7) is 1.28. The van der Waals surface area contributed by atoms with Crippen LogP contribution in [0.1, 0.15) is 29.3 Å². The fourth-order valence-corrected chi connectivity index (χ4v) is 1.55. The number of esters is 1. The lowest BCUT2D eigenvalue weighted by atomic mass is 10.0. The maximum atomic E-state index is 11.8. The van der Waals surface area contributed by atoms with Gasteiger partial charge in [-0.1, -0.05) is 31.5 Å². The molecular weight excluding hydrogens is 220 g/mol. The van der Waals surface area contributed by atoms with Crippen molar-refractivity contribution in [3.63, 3.8) is 0 Å². The number of aliphatic hydroxyl groups excluding tert-OH is 2. The number of carbonyl (C=O) groups is 1. The minimum absolute atomic E-state index is 0.377. The summed E-state index contributed by atoms with van der Waals surface area (Å²) in [7, 11) is 0. The molecule has 0 saturated carbocycles. The van der Waals surface area contributed by atoms with E-state index in [1.807, 2.05) is 19.1 Å². The molecule has 0 saturated heterocycles. The predicted octanol–water partition coefficient (Wildman–Crippen LogP) is 1.15. The Morgan fingerprint density at radius 2 is 1.94 bits per heavy atom. The molecule has 0 spiro atoms. The van der Waals surface area contributed by atoms with E-state index in [0.717, 1.165) is 18.4 Å². The van der Waals surface area contributed by atoms with Gasteiger partial charge in [-0.15, -0.1) is 0 Å². The Morgan fingerprint density at radius 3 is 2.53 bits per heavy atom. The van der Waals surface area contributed by atoms with Gasteiger partial charge in [0.25, 0.3) is 0 Å². The third-order valence-corrected chi connectivity index (χ3v) is 2.44. The molecule has 0 amide bonds. The molecule has 0 aliphatic heterocycles. The molecule has 0 fully saturated rings. The molecule has 94 valence electrons. The first kappa shape index (κ1) is 13.7. The van der Waals surface area contributed by atoms with Gasteiger partial charge < -0.3 is 14.9 Å². The number of aryl methyl sites for hydroxylation is 1. The summed E-state index contributed by atoms with van der Waals surface area (Å²) in [5.41, 5.74) is 1.43. The van der Waals surface area contributed by atoms with Crippen LogP contribution in [-0.2, 0) is 11.2 Å². The van der Waals surface area contributed by atoms with Crippen LogP contribution in [0.15, 0.2) is 24.3 Å². The first-order chi connectivity index (χ1) is 8.22. The van der Waals surface area contributed by atoms with Crippen LogP contribution in [0.2, 0.25) is 0 Å². The largest absolute Gasteiger partial charge is 0.454 e. The highest BCUT2D eigenvalue weighted by Crippen LogP contribution is 2.13. The van der Waals surface area contributed by atoms with Gasteiger partial charge in [0.05, 0.1) is 18.8 Å². The van der Waals surface area contributed by atoms with Crippen molar-refractivity contribution in [2.24, 2.45) is 0 Å². The van der Waals surface area contributed by atoms with E-state index in [4.69, 9.17) is 14.9 Å². The zero-order chi connectivity index (χ0) is 12.7. The smallest absolute Gasteiger partial charge is 0.338 e. The first-order valence-corrected chi connectivity index (χ1v) is 5.73. The molecule has 0 radical (unpaired) electrons. The second-order valence-electron chi connectivity index (χ2n) is 3.80. The molecule has 0 bridgehead atoms. The van der Waals surface area contributed by atoms with Crippen LogP contribution in [0.25, 0.3) is 0 Å². The fourth-order valence-electron chi connectivity index (χ4n) is 1.55. The molecule has 0 unspecified atom stereocenters. The summed E-state index contributed by atoms with van der Waals surface area (Å²) in [6.07, 6.45) is 0.888. The third-order valence-electron chi connectivity index (χ3n) is 2.44. The van der Waals surface area contributed by atoms with Crippen LogP contribution < -0.4 is 0 Å². The van der Waals surface area contributed by atoms with Crippen molar-refractivity contribution in [3.05, 3.63) is 35.4 Å². The fraction of sp³-hybridized carbons (Fsp3) is 0.462. The SMILES string of the molecule is CCCc1ccccc1C(=O)OC(CO)CO. The van der Waals surface area contributed by atoms with Gasteiger partial charge in [0, 0.05) is 0 Å². The number of hydrogen-bond acceptors (Lipinski definition) is 4. The van der Waals surface area contributed by atoms with Gasteiger partial charge >= 0.3 is 5.97 Å². The molecule has 0 heterocycles. The van der Waals surface area contributed by atoms with Gasteiger partial charge in [0.2, 0.25) is 0 Å². The van der Waals surface area contributed by atoms with Crippen molar-refractivity contribution in [3.8, 4) is 0 Å². The molecule has 1 aromatic rings. The summed E-state index contributed by atoms with van der Waals surface area (Å²) < 4.78 is 4.98. The van der Waals surface area contributed by atoms with Gasteiger partial charge in [-0.25, -0.2) is 4.79 Å². The van der Waals surface area contributed by atoms with Crippen molar-refractivity contribution in [1.29, 1.82) is 0 Å². The summed E-state index contributed by atoms with van der Waals surface area (Å²) in [5, 5.41) is 17.7. The predicted molar refractivity (Wildman–Crippen MR) is 63.8 cm³/mol. The van der Waals surface area contributed by atoms with Gasteiger partial charge in [0.15, 0.2) is 0 Å². The van der Waals surface area contributed by atoms with Crippen molar-refractivity contribution in [2.75, 3.05) is 13.2 Å². The third kappa shape index (κ3) is 3.84. The van der Waals surface area contributed by atoms with Gasteiger partial charge in [-0.3, -0.25) is 0 Å². The van der Waals surface area contributed by atoms with Crippen LogP contribution in [0, 0.1) is 0 Å². The van der Waals surface area contributed by atoms with E-state index in [1.165, 1.54) is 0 Å². The average molecular weight is 238 g/mol. The highest BCUT2D eigenvalue weighted by Gasteiger charge is 2.16. The standard InChI is InChI=1S/C13H18O4/c1-2-5-10-6-3-4-7-12(10)13(16)17-11(8-14)9-15/h3-4,6-7,11,14-15H,2,5,8-9H2,1H3. The summed E-state index contributed by atoms with van der Waals surface area (Å²) in [4.78, 5) is 11.8. The second kappa shape index (κ2) is 7.04. The van der Waals surface area contributed by atoms with Crippen molar-refractivity contribution >= 4 is 5.97 Å².